The molecule has 1 aliphatic heterocycles. The fourth-order valence-electron chi connectivity index (χ4n) is 2.39. The van der Waals surface area contributed by atoms with Crippen LogP contribution in [-0.2, 0) is 4.79 Å². The lowest BCUT2D eigenvalue weighted by atomic mass is 9.75. The van der Waals surface area contributed by atoms with Crippen molar-refractivity contribution in [1.29, 1.82) is 0 Å². The molecule has 3 heteroatoms. The maximum absolute atomic E-state index is 11.6. The van der Waals surface area contributed by atoms with Gasteiger partial charge in [-0.2, -0.15) is 0 Å². The highest BCUT2D eigenvalue weighted by molar-refractivity contribution is 5.85. The van der Waals surface area contributed by atoms with Crippen LogP contribution in [0.15, 0.2) is 0 Å². The molecular weight excluding hydrogens is 154 g/mol. The number of hydrogen-bond donors (Lipinski definition) is 1. The number of piperidine rings is 1. The number of aliphatic hydroxyl groups excluding tert-OH is 1. The molecule has 1 aliphatic carbocycles. The van der Waals surface area contributed by atoms with E-state index in [4.69, 9.17) is 0 Å². The molecule has 0 aromatic heterocycles. The second-order valence-corrected chi connectivity index (χ2v) is 4.07. The second-order valence-electron chi connectivity index (χ2n) is 4.07. The summed E-state index contributed by atoms with van der Waals surface area (Å²) in [6.45, 7) is 1.64. The van der Waals surface area contributed by atoms with Gasteiger partial charge in [0.05, 0.1) is 12.0 Å². The van der Waals surface area contributed by atoms with Crippen molar-refractivity contribution in [3.8, 4) is 0 Å². The van der Waals surface area contributed by atoms with Gasteiger partial charge in [-0.15, -0.1) is 0 Å². The number of nitrogens with zero attached hydrogens (tertiary/aromatic N) is 1. The van der Waals surface area contributed by atoms with Gasteiger partial charge in [-0.25, -0.2) is 0 Å². The Balaban J connectivity index is 2.17. The van der Waals surface area contributed by atoms with Gasteiger partial charge in [0.15, 0.2) is 0 Å². The number of aliphatic hydroxyl groups is 1. The molecule has 1 saturated heterocycles. The molecule has 0 radical (unpaired) electrons. The summed E-state index contributed by atoms with van der Waals surface area (Å²) in [7, 11) is 2.02. The van der Waals surface area contributed by atoms with Crippen molar-refractivity contribution in [3.05, 3.63) is 0 Å². The number of carbonyl (C=O) groups is 1. The molecular formula is C9H15NO2. The summed E-state index contributed by atoms with van der Waals surface area (Å²) in [6, 6.07) is 0. The van der Waals surface area contributed by atoms with Gasteiger partial charge in [0.25, 0.3) is 0 Å². The molecule has 0 aromatic carbocycles. The first kappa shape index (κ1) is 8.20. The van der Waals surface area contributed by atoms with E-state index in [2.05, 4.69) is 4.90 Å². The average Bonchev–Trinajstić information content (AvgIpc) is 2.01. The lowest BCUT2D eigenvalue weighted by molar-refractivity contribution is -0.140. The predicted octanol–water partition coefficient (Wildman–Crippen LogP) is -0.112. The Labute approximate surface area is 72.4 Å². The summed E-state index contributed by atoms with van der Waals surface area (Å²) >= 11 is 0. The van der Waals surface area contributed by atoms with E-state index in [1.165, 1.54) is 0 Å². The molecule has 0 spiro atoms. The van der Waals surface area contributed by atoms with E-state index >= 15 is 0 Å². The highest BCUT2D eigenvalue weighted by Crippen LogP contribution is 2.30. The minimum atomic E-state index is -0.378. The first-order valence-electron chi connectivity index (χ1n) is 4.59. The zero-order chi connectivity index (χ0) is 8.72. The molecule has 1 N–H and O–H groups in total. The smallest absolute Gasteiger partial charge is 0.144 e. The summed E-state index contributed by atoms with van der Waals surface area (Å²) in [5.74, 6) is 0.409. The minimum Gasteiger partial charge on any atom is -0.392 e. The molecule has 3 nitrogen and oxygen atoms in total. The van der Waals surface area contributed by atoms with Crippen molar-refractivity contribution in [2.75, 3.05) is 20.1 Å². The maximum Gasteiger partial charge on any atom is 0.144 e. The number of rotatable bonds is 0. The molecule has 2 rings (SSSR count). The van der Waals surface area contributed by atoms with Gasteiger partial charge in [0.1, 0.15) is 5.78 Å². The normalized spacial score (nSPS) is 43.2. The Hall–Kier alpha value is -0.410. The molecule has 1 saturated carbocycles. The van der Waals surface area contributed by atoms with Gasteiger partial charge in [-0.05, 0) is 19.9 Å². The standard InChI is InChI=1S/C9H15NO2/c1-10-4-6-2-3-8(11)7(5-10)9(6)12/h6-8,11H,2-5H2,1H3. The van der Waals surface area contributed by atoms with Gasteiger partial charge >= 0.3 is 0 Å². The van der Waals surface area contributed by atoms with Crippen LogP contribution in [0.25, 0.3) is 0 Å². The van der Waals surface area contributed by atoms with Crippen LogP contribution in [0, 0.1) is 11.8 Å². The first-order chi connectivity index (χ1) is 5.68. The lowest BCUT2D eigenvalue weighted by Gasteiger charge is -2.40. The summed E-state index contributed by atoms with van der Waals surface area (Å²) < 4.78 is 0. The molecule has 2 bridgehead atoms. The highest BCUT2D eigenvalue weighted by Gasteiger charge is 2.41. The van der Waals surface area contributed by atoms with Gasteiger partial charge in [-0.3, -0.25) is 4.79 Å². The van der Waals surface area contributed by atoms with Gasteiger partial charge in [-0.1, -0.05) is 0 Å². The van der Waals surface area contributed by atoms with E-state index in [9.17, 15) is 9.90 Å². The van der Waals surface area contributed by atoms with Crippen LogP contribution in [0.4, 0.5) is 0 Å². The van der Waals surface area contributed by atoms with Gasteiger partial charge < -0.3 is 10.0 Å². The minimum absolute atomic E-state index is 0.0949. The molecule has 3 unspecified atom stereocenters. The molecule has 0 aromatic rings. The van der Waals surface area contributed by atoms with Gasteiger partial charge in [0.2, 0.25) is 0 Å². The third-order valence-electron chi connectivity index (χ3n) is 3.08. The van der Waals surface area contributed by atoms with Crippen LogP contribution in [0.2, 0.25) is 0 Å². The van der Waals surface area contributed by atoms with Crippen molar-refractivity contribution in [3.63, 3.8) is 0 Å². The third-order valence-corrected chi connectivity index (χ3v) is 3.08. The largest absolute Gasteiger partial charge is 0.392 e. The molecule has 1 heterocycles. The van der Waals surface area contributed by atoms with Crippen molar-refractivity contribution < 1.29 is 9.90 Å². The Morgan fingerprint density at radius 2 is 2.17 bits per heavy atom. The number of fused-ring (bicyclic) bond motifs is 2. The van der Waals surface area contributed by atoms with Crippen LogP contribution in [-0.4, -0.2) is 42.0 Å². The maximum atomic E-state index is 11.6. The summed E-state index contributed by atoms with van der Waals surface area (Å²) in [5.41, 5.74) is 0. The summed E-state index contributed by atoms with van der Waals surface area (Å²) in [4.78, 5) is 13.7. The van der Waals surface area contributed by atoms with E-state index in [0.29, 0.717) is 5.78 Å². The Kier molecular flexibility index (Phi) is 1.93. The first-order valence-corrected chi connectivity index (χ1v) is 4.59. The van der Waals surface area contributed by atoms with Crippen molar-refractivity contribution in [2.24, 2.45) is 11.8 Å². The zero-order valence-electron chi connectivity index (χ0n) is 7.36. The fourth-order valence-corrected chi connectivity index (χ4v) is 2.39. The molecule has 68 valence electrons. The number of hydrogen-bond acceptors (Lipinski definition) is 3. The summed E-state index contributed by atoms with van der Waals surface area (Å²) in [5, 5.41) is 9.56. The Morgan fingerprint density at radius 1 is 1.42 bits per heavy atom. The van der Waals surface area contributed by atoms with Crippen molar-refractivity contribution in [2.45, 2.75) is 18.9 Å². The number of ketones is 1. The van der Waals surface area contributed by atoms with Crippen LogP contribution in [0.1, 0.15) is 12.8 Å². The van der Waals surface area contributed by atoms with Crippen LogP contribution < -0.4 is 0 Å². The quantitative estimate of drug-likeness (QED) is 0.550. The third kappa shape index (κ3) is 1.17. The predicted molar refractivity (Wildman–Crippen MR) is 44.7 cm³/mol. The van der Waals surface area contributed by atoms with Crippen LogP contribution in [0.3, 0.4) is 0 Å². The highest BCUT2D eigenvalue weighted by atomic mass is 16.3. The lowest BCUT2D eigenvalue weighted by Crippen LogP contribution is -2.52. The van der Waals surface area contributed by atoms with E-state index in [1.807, 2.05) is 7.05 Å². The second kappa shape index (κ2) is 2.82. The SMILES string of the molecule is CN1CC2CCC(O)C(C1)C2=O. The Bertz CT molecular complexity index is 205. The zero-order valence-corrected chi connectivity index (χ0v) is 7.36. The topological polar surface area (TPSA) is 40.5 Å². The van der Waals surface area contributed by atoms with Gasteiger partial charge in [0, 0.05) is 19.0 Å². The average molecular weight is 169 g/mol. The molecule has 12 heavy (non-hydrogen) atoms. The number of Topliss-reactive ketones (excluding diaryl/α,β-unsaturated/α-hetero) is 1. The van der Waals surface area contributed by atoms with Crippen molar-refractivity contribution >= 4 is 5.78 Å². The molecule has 2 fully saturated rings. The summed E-state index contributed by atoms with van der Waals surface area (Å²) in [6.07, 6.45) is 1.31. The molecule has 2 aliphatic rings. The van der Waals surface area contributed by atoms with E-state index in [-0.39, 0.29) is 17.9 Å². The van der Waals surface area contributed by atoms with E-state index < -0.39 is 0 Å². The molecule has 0 amide bonds. The number of likely N-dealkylation sites (tertiary alicyclic amines) is 1. The molecule has 3 atom stereocenters. The van der Waals surface area contributed by atoms with Crippen LogP contribution >= 0.6 is 0 Å². The van der Waals surface area contributed by atoms with E-state index in [0.717, 1.165) is 25.9 Å². The monoisotopic (exact) mass is 169 g/mol. The fraction of sp³-hybridized carbons (Fsp3) is 0.889. The number of carbonyl (C=O) groups excluding carboxylic acids is 1. The van der Waals surface area contributed by atoms with Crippen LogP contribution in [0.5, 0.6) is 0 Å². The van der Waals surface area contributed by atoms with Crippen molar-refractivity contribution in [1.82, 2.24) is 4.90 Å². The van der Waals surface area contributed by atoms with E-state index in [1.54, 1.807) is 0 Å². The Morgan fingerprint density at radius 3 is 2.92 bits per heavy atom.